The molecule has 1 aromatic rings. The van der Waals surface area contributed by atoms with Crippen LogP contribution in [0, 0.1) is 0 Å². The summed E-state index contributed by atoms with van der Waals surface area (Å²) < 4.78 is 0. The number of nitrogens with zero attached hydrogens (tertiary/aromatic N) is 1. The lowest BCUT2D eigenvalue weighted by Gasteiger charge is -2.26. The van der Waals surface area contributed by atoms with Crippen LogP contribution in [0.4, 0.5) is 5.69 Å². The molecule has 0 saturated heterocycles. The number of rotatable bonds is 5. The van der Waals surface area contributed by atoms with Gasteiger partial charge in [-0.15, -0.1) is 0 Å². The van der Waals surface area contributed by atoms with Crippen LogP contribution in [0.3, 0.4) is 0 Å². The SMILES string of the molecule is CCCN(CC)c1ccccc1C(C)C. The Morgan fingerprint density at radius 3 is 2.33 bits per heavy atom. The number of para-hydroxylation sites is 1. The van der Waals surface area contributed by atoms with Crippen molar-refractivity contribution in [1.82, 2.24) is 0 Å². The Labute approximate surface area is 94.1 Å². The molecular weight excluding hydrogens is 182 g/mol. The van der Waals surface area contributed by atoms with Crippen molar-refractivity contribution in [2.75, 3.05) is 18.0 Å². The van der Waals surface area contributed by atoms with Crippen LogP contribution in [0.5, 0.6) is 0 Å². The van der Waals surface area contributed by atoms with Gasteiger partial charge in [0, 0.05) is 18.8 Å². The fourth-order valence-corrected chi connectivity index (χ4v) is 1.98. The second-order valence-electron chi connectivity index (χ2n) is 4.29. The van der Waals surface area contributed by atoms with Crippen LogP contribution in [-0.4, -0.2) is 13.1 Å². The van der Waals surface area contributed by atoms with E-state index in [1.165, 1.54) is 17.7 Å². The first kappa shape index (κ1) is 12.1. The highest BCUT2D eigenvalue weighted by atomic mass is 15.1. The van der Waals surface area contributed by atoms with Crippen LogP contribution < -0.4 is 4.90 Å². The van der Waals surface area contributed by atoms with Gasteiger partial charge in [0.25, 0.3) is 0 Å². The molecule has 0 unspecified atom stereocenters. The standard InChI is InChI=1S/C14H23N/c1-5-11-15(6-2)14-10-8-7-9-13(14)12(3)4/h7-10,12H,5-6,11H2,1-4H3. The third-order valence-corrected chi connectivity index (χ3v) is 2.77. The molecule has 1 nitrogen and oxygen atoms in total. The van der Waals surface area contributed by atoms with E-state index in [9.17, 15) is 0 Å². The third-order valence-electron chi connectivity index (χ3n) is 2.77. The minimum absolute atomic E-state index is 0.604. The molecule has 1 heteroatoms. The zero-order valence-corrected chi connectivity index (χ0v) is 10.5. The zero-order chi connectivity index (χ0) is 11.3. The molecule has 0 N–H and O–H groups in total. The summed E-state index contributed by atoms with van der Waals surface area (Å²) in [6, 6.07) is 8.77. The van der Waals surface area contributed by atoms with Crippen molar-refractivity contribution in [1.29, 1.82) is 0 Å². The van der Waals surface area contributed by atoms with E-state index in [4.69, 9.17) is 0 Å². The van der Waals surface area contributed by atoms with Gasteiger partial charge >= 0.3 is 0 Å². The van der Waals surface area contributed by atoms with Gasteiger partial charge in [0.2, 0.25) is 0 Å². The van der Waals surface area contributed by atoms with Gasteiger partial charge in [-0.05, 0) is 30.9 Å². The Hall–Kier alpha value is -0.980. The normalized spacial score (nSPS) is 10.7. The molecule has 0 saturated carbocycles. The Balaban J connectivity index is 2.99. The minimum Gasteiger partial charge on any atom is -0.372 e. The molecule has 0 amide bonds. The molecule has 0 heterocycles. The van der Waals surface area contributed by atoms with Gasteiger partial charge in [-0.3, -0.25) is 0 Å². The van der Waals surface area contributed by atoms with Crippen molar-refractivity contribution in [3.05, 3.63) is 29.8 Å². The molecule has 0 radical (unpaired) electrons. The van der Waals surface area contributed by atoms with E-state index in [0.29, 0.717) is 5.92 Å². The number of hydrogen-bond donors (Lipinski definition) is 0. The lowest BCUT2D eigenvalue weighted by molar-refractivity contribution is 0.772. The maximum absolute atomic E-state index is 2.47. The van der Waals surface area contributed by atoms with Crippen molar-refractivity contribution >= 4 is 5.69 Å². The van der Waals surface area contributed by atoms with Crippen LogP contribution in [-0.2, 0) is 0 Å². The molecule has 0 fully saturated rings. The van der Waals surface area contributed by atoms with Crippen LogP contribution in [0.25, 0.3) is 0 Å². The molecule has 0 aliphatic carbocycles. The summed E-state index contributed by atoms with van der Waals surface area (Å²) in [6.45, 7) is 11.2. The van der Waals surface area contributed by atoms with E-state index in [0.717, 1.165) is 13.1 Å². The van der Waals surface area contributed by atoms with Gasteiger partial charge in [-0.2, -0.15) is 0 Å². The smallest absolute Gasteiger partial charge is 0.0401 e. The van der Waals surface area contributed by atoms with Gasteiger partial charge in [0.05, 0.1) is 0 Å². The predicted octanol–water partition coefficient (Wildman–Crippen LogP) is 4.05. The van der Waals surface area contributed by atoms with Crippen LogP contribution in [0.1, 0.15) is 45.6 Å². The number of anilines is 1. The van der Waals surface area contributed by atoms with Gasteiger partial charge in [-0.1, -0.05) is 39.0 Å². The second kappa shape index (κ2) is 5.79. The van der Waals surface area contributed by atoms with E-state index in [-0.39, 0.29) is 0 Å². The lowest BCUT2D eigenvalue weighted by Crippen LogP contribution is -2.24. The molecule has 1 aromatic carbocycles. The fourth-order valence-electron chi connectivity index (χ4n) is 1.98. The average Bonchev–Trinajstić information content (AvgIpc) is 2.26. The molecule has 0 aliphatic heterocycles. The Kier molecular flexibility index (Phi) is 4.67. The van der Waals surface area contributed by atoms with E-state index < -0.39 is 0 Å². The Bertz CT molecular complexity index is 291. The zero-order valence-electron chi connectivity index (χ0n) is 10.5. The van der Waals surface area contributed by atoms with E-state index in [1.807, 2.05) is 0 Å². The van der Waals surface area contributed by atoms with E-state index in [2.05, 4.69) is 56.9 Å². The summed E-state index contributed by atoms with van der Waals surface area (Å²) in [4.78, 5) is 2.47. The van der Waals surface area contributed by atoms with Crippen molar-refractivity contribution in [3.8, 4) is 0 Å². The Morgan fingerprint density at radius 2 is 1.80 bits per heavy atom. The van der Waals surface area contributed by atoms with Crippen LogP contribution in [0.15, 0.2) is 24.3 Å². The van der Waals surface area contributed by atoms with Crippen molar-refractivity contribution in [2.24, 2.45) is 0 Å². The average molecular weight is 205 g/mol. The molecule has 0 spiro atoms. The summed E-state index contributed by atoms with van der Waals surface area (Å²) in [6.07, 6.45) is 1.21. The molecule has 0 bridgehead atoms. The van der Waals surface area contributed by atoms with E-state index in [1.54, 1.807) is 0 Å². The Morgan fingerprint density at radius 1 is 1.13 bits per heavy atom. The first-order chi connectivity index (χ1) is 7.20. The fraction of sp³-hybridized carbons (Fsp3) is 0.571. The predicted molar refractivity (Wildman–Crippen MR) is 68.7 cm³/mol. The highest BCUT2D eigenvalue weighted by molar-refractivity contribution is 5.54. The van der Waals surface area contributed by atoms with Crippen LogP contribution in [0.2, 0.25) is 0 Å². The van der Waals surface area contributed by atoms with Gasteiger partial charge < -0.3 is 4.90 Å². The summed E-state index contributed by atoms with van der Waals surface area (Å²) in [5.41, 5.74) is 2.88. The highest BCUT2D eigenvalue weighted by Gasteiger charge is 2.10. The summed E-state index contributed by atoms with van der Waals surface area (Å²) in [5.74, 6) is 0.604. The molecule has 1 rings (SSSR count). The first-order valence-corrected chi connectivity index (χ1v) is 6.04. The minimum atomic E-state index is 0.604. The molecule has 84 valence electrons. The molecule has 0 aromatic heterocycles. The largest absolute Gasteiger partial charge is 0.372 e. The monoisotopic (exact) mass is 205 g/mol. The summed E-state index contributed by atoms with van der Waals surface area (Å²) in [7, 11) is 0. The topological polar surface area (TPSA) is 3.24 Å². The van der Waals surface area contributed by atoms with Crippen molar-refractivity contribution in [3.63, 3.8) is 0 Å². The number of hydrogen-bond acceptors (Lipinski definition) is 1. The van der Waals surface area contributed by atoms with Gasteiger partial charge in [0.1, 0.15) is 0 Å². The van der Waals surface area contributed by atoms with Crippen molar-refractivity contribution < 1.29 is 0 Å². The lowest BCUT2D eigenvalue weighted by atomic mass is 10.0. The van der Waals surface area contributed by atoms with Crippen LogP contribution >= 0.6 is 0 Å². The third kappa shape index (κ3) is 2.98. The number of benzene rings is 1. The molecular formula is C14H23N. The summed E-state index contributed by atoms with van der Waals surface area (Å²) in [5, 5.41) is 0. The summed E-state index contributed by atoms with van der Waals surface area (Å²) >= 11 is 0. The quantitative estimate of drug-likeness (QED) is 0.701. The maximum atomic E-state index is 2.47. The van der Waals surface area contributed by atoms with Gasteiger partial charge in [-0.25, -0.2) is 0 Å². The maximum Gasteiger partial charge on any atom is 0.0401 e. The molecule has 0 atom stereocenters. The second-order valence-corrected chi connectivity index (χ2v) is 4.29. The van der Waals surface area contributed by atoms with Crippen molar-refractivity contribution in [2.45, 2.75) is 40.0 Å². The first-order valence-electron chi connectivity index (χ1n) is 6.04. The highest BCUT2D eigenvalue weighted by Crippen LogP contribution is 2.27. The van der Waals surface area contributed by atoms with Gasteiger partial charge in [0.15, 0.2) is 0 Å². The van der Waals surface area contributed by atoms with E-state index >= 15 is 0 Å². The molecule has 15 heavy (non-hydrogen) atoms. The molecule has 0 aliphatic rings.